The number of carbonyl (C=O) groups excluding carboxylic acids is 3. The molecule has 310 valence electrons. The second-order valence-corrected chi connectivity index (χ2v) is 14.3. The normalized spacial score (nSPS) is 25.0. The lowest BCUT2D eigenvalue weighted by Crippen LogP contribution is -2.67. The number of aromatic nitrogens is 3. The molecule has 22 heteroatoms. The predicted octanol–water partition coefficient (Wildman–Crippen LogP) is -5.77. The van der Waals surface area contributed by atoms with Gasteiger partial charge in [-0.15, -0.1) is 5.10 Å². The van der Waals surface area contributed by atoms with Crippen molar-refractivity contribution in [3.05, 3.63) is 11.9 Å². The molecule has 12 unspecified atom stereocenters. The highest BCUT2D eigenvalue weighted by atomic mass is 16.7. The molecular formula is C32H57N7O15. The fraction of sp³-hybridized carbons (Fsp3) is 0.812. The molecule has 1 aromatic rings. The quantitative estimate of drug-likeness (QED) is 0.0553. The first kappa shape index (κ1) is 46.7. The zero-order valence-electron chi connectivity index (χ0n) is 31.4. The van der Waals surface area contributed by atoms with Crippen molar-refractivity contribution in [2.24, 2.45) is 11.8 Å². The van der Waals surface area contributed by atoms with Crippen molar-refractivity contribution in [1.29, 1.82) is 0 Å². The van der Waals surface area contributed by atoms with Crippen molar-refractivity contribution < 1.29 is 74.6 Å². The maximum atomic E-state index is 13.2. The van der Waals surface area contributed by atoms with Gasteiger partial charge in [0.15, 0.2) is 0 Å². The number of aliphatic hydroxyl groups is 8. The summed E-state index contributed by atoms with van der Waals surface area (Å²) in [6, 6.07) is -3.02. The van der Waals surface area contributed by atoms with Crippen LogP contribution in [0.25, 0.3) is 0 Å². The van der Waals surface area contributed by atoms with Crippen molar-refractivity contribution in [1.82, 2.24) is 35.8 Å². The summed E-state index contributed by atoms with van der Waals surface area (Å²) in [6.07, 6.45) is -13.8. The van der Waals surface area contributed by atoms with E-state index in [1.54, 1.807) is 27.7 Å². The first-order chi connectivity index (χ1) is 25.0. The van der Waals surface area contributed by atoms with Crippen molar-refractivity contribution >= 4 is 23.7 Å². The first-order valence-electron chi connectivity index (χ1n) is 17.4. The van der Waals surface area contributed by atoms with Gasteiger partial charge in [0.25, 0.3) is 5.79 Å². The minimum absolute atomic E-state index is 0.149. The van der Waals surface area contributed by atoms with Crippen LogP contribution in [0.3, 0.4) is 0 Å². The predicted molar refractivity (Wildman–Crippen MR) is 183 cm³/mol. The molecule has 0 radical (unpaired) electrons. The van der Waals surface area contributed by atoms with Gasteiger partial charge in [0.1, 0.15) is 48.4 Å². The number of nitrogens with one attached hydrogen (secondary N) is 3. The number of rotatable bonds is 21. The second-order valence-electron chi connectivity index (χ2n) is 14.3. The Morgan fingerprint density at radius 1 is 1.02 bits per heavy atom. The zero-order valence-corrected chi connectivity index (χ0v) is 31.4. The number of likely N-dealkylation sites (N-methyl/N-ethyl adjacent to an activating group) is 2. The molecule has 12 atom stereocenters. The summed E-state index contributed by atoms with van der Waals surface area (Å²) < 4.78 is 11.6. The van der Waals surface area contributed by atoms with Gasteiger partial charge in [-0.25, -0.2) is 9.48 Å². The lowest BCUT2D eigenvalue weighted by Gasteiger charge is -2.44. The largest absolute Gasteiger partial charge is 0.477 e. The van der Waals surface area contributed by atoms with Gasteiger partial charge >= 0.3 is 5.97 Å². The average molecular weight is 780 g/mol. The number of nitrogens with zero attached hydrogens (tertiary/aromatic N) is 4. The molecule has 0 aromatic carbocycles. The van der Waals surface area contributed by atoms with E-state index in [9.17, 15) is 65.1 Å². The van der Waals surface area contributed by atoms with E-state index in [1.165, 1.54) is 25.2 Å². The maximum absolute atomic E-state index is 13.2. The van der Waals surface area contributed by atoms with Crippen molar-refractivity contribution in [2.45, 2.75) is 127 Å². The van der Waals surface area contributed by atoms with Crippen LogP contribution >= 0.6 is 0 Å². The van der Waals surface area contributed by atoms with Crippen LogP contribution < -0.4 is 16.0 Å². The van der Waals surface area contributed by atoms with Crippen molar-refractivity contribution in [3.63, 3.8) is 0 Å². The summed E-state index contributed by atoms with van der Waals surface area (Å²) in [5.41, 5.74) is 0.149. The summed E-state index contributed by atoms with van der Waals surface area (Å²) in [6.45, 7) is 6.58. The minimum Gasteiger partial charge on any atom is -0.477 e. The Labute approximate surface area is 312 Å². The molecule has 1 fully saturated rings. The van der Waals surface area contributed by atoms with Crippen LogP contribution in [-0.2, 0) is 41.8 Å². The minimum atomic E-state index is -2.91. The van der Waals surface area contributed by atoms with Gasteiger partial charge in [-0.2, -0.15) is 0 Å². The van der Waals surface area contributed by atoms with Crippen LogP contribution in [0.4, 0.5) is 0 Å². The number of hydrogen-bond acceptors (Lipinski definition) is 17. The van der Waals surface area contributed by atoms with E-state index in [0.29, 0.717) is 0 Å². The van der Waals surface area contributed by atoms with Gasteiger partial charge in [0, 0.05) is 26.9 Å². The number of carboxylic acids is 1. The molecule has 2 rings (SSSR count). The number of carboxylic acid groups (broad SMARTS) is 1. The average Bonchev–Trinajstić information content (AvgIpc) is 3.52. The van der Waals surface area contributed by atoms with Crippen LogP contribution in [0.2, 0.25) is 0 Å². The number of amides is 3. The summed E-state index contributed by atoms with van der Waals surface area (Å²) in [7, 11) is 2.98. The van der Waals surface area contributed by atoms with E-state index in [4.69, 9.17) is 9.47 Å². The fourth-order valence-electron chi connectivity index (χ4n) is 6.12. The van der Waals surface area contributed by atoms with Gasteiger partial charge in [-0.3, -0.25) is 19.3 Å². The Balaban J connectivity index is 1.95. The Kier molecular flexibility index (Phi) is 17.7. The molecule has 2 heterocycles. The first-order valence-corrected chi connectivity index (χ1v) is 17.4. The molecular weight excluding hydrogens is 722 g/mol. The fourth-order valence-corrected chi connectivity index (χ4v) is 6.12. The van der Waals surface area contributed by atoms with E-state index in [1.807, 2.05) is 0 Å². The molecule has 1 saturated heterocycles. The molecule has 0 spiro atoms. The molecule has 12 N–H and O–H groups in total. The number of aliphatic hydroxyl groups excluding tert-OH is 7. The van der Waals surface area contributed by atoms with Gasteiger partial charge < -0.3 is 71.4 Å². The standard InChI is InChI=1S/C32H57N7O15/c1-14(2)22(29(48)33-6)35-30(49)24(15(3)4)38(7)10-19(42)25(45)26(46)21(44)13-53-12-17-9-39(37-36-17)11-20(43)27(47)28-23(34-16(5)40)18(41)8-32(52,54-28)31(50)51/h9,14-15,18-28,41-47,52H,8,10-13H2,1-7H3,(H,33,48)(H,34,40)(H,35,49)(H,50,51). The van der Waals surface area contributed by atoms with Gasteiger partial charge in [-0.05, 0) is 18.9 Å². The molecule has 1 aromatic heterocycles. The second kappa shape index (κ2) is 20.5. The summed E-state index contributed by atoms with van der Waals surface area (Å²) >= 11 is 0. The van der Waals surface area contributed by atoms with Crippen molar-refractivity contribution in [2.75, 3.05) is 27.2 Å². The molecule has 0 bridgehead atoms. The molecule has 0 saturated carbocycles. The third-order valence-electron chi connectivity index (χ3n) is 9.00. The van der Waals surface area contributed by atoms with E-state index < -0.39 is 110 Å². The van der Waals surface area contributed by atoms with Crippen LogP contribution in [0, 0.1) is 11.8 Å². The van der Waals surface area contributed by atoms with Crippen LogP contribution in [-0.4, -0.2) is 190 Å². The lowest BCUT2D eigenvalue weighted by atomic mass is 9.88. The van der Waals surface area contributed by atoms with E-state index in [-0.39, 0.29) is 36.6 Å². The van der Waals surface area contributed by atoms with Crippen LogP contribution in [0.15, 0.2) is 6.20 Å². The smallest absolute Gasteiger partial charge is 0.364 e. The Morgan fingerprint density at radius 2 is 1.63 bits per heavy atom. The Bertz CT molecular complexity index is 1390. The molecule has 54 heavy (non-hydrogen) atoms. The van der Waals surface area contributed by atoms with E-state index >= 15 is 0 Å². The summed E-state index contributed by atoms with van der Waals surface area (Å²) in [5.74, 6) is -6.78. The van der Waals surface area contributed by atoms with Crippen molar-refractivity contribution in [3.8, 4) is 0 Å². The Morgan fingerprint density at radius 3 is 2.17 bits per heavy atom. The zero-order chi connectivity index (χ0) is 41.2. The van der Waals surface area contributed by atoms with Gasteiger partial charge in [0.2, 0.25) is 17.7 Å². The molecule has 3 amide bonds. The van der Waals surface area contributed by atoms with E-state index in [0.717, 1.165) is 11.6 Å². The third kappa shape index (κ3) is 12.6. The van der Waals surface area contributed by atoms with Crippen LogP contribution in [0.5, 0.6) is 0 Å². The van der Waals surface area contributed by atoms with Gasteiger partial charge in [0.05, 0.1) is 50.2 Å². The molecule has 1 aliphatic heterocycles. The van der Waals surface area contributed by atoms with E-state index in [2.05, 4.69) is 26.3 Å². The number of hydrogen-bond donors (Lipinski definition) is 12. The summed E-state index contributed by atoms with van der Waals surface area (Å²) in [4.78, 5) is 50.1. The molecule has 0 aliphatic carbocycles. The number of ether oxygens (including phenoxy) is 2. The SMILES string of the molecule is CNC(=O)C(NC(=O)C(C(C)C)N(C)CC(O)C(O)C(O)C(O)COCc1cn(CC(O)C(O)C2OC(O)(C(=O)O)CC(O)C2NC(C)=O)nn1)C(C)C. The highest BCUT2D eigenvalue weighted by Gasteiger charge is 2.54. The lowest BCUT2D eigenvalue weighted by molar-refractivity contribution is -0.294. The monoisotopic (exact) mass is 779 g/mol. The third-order valence-corrected chi connectivity index (χ3v) is 9.00. The number of carbonyl (C=O) groups is 4. The van der Waals surface area contributed by atoms with Crippen LogP contribution in [0.1, 0.15) is 46.7 Å². The number of aliphatic carboxylic acids is 1. The topological polar surface area (TPSA) is 339 Å². The highest BCUT2D eigenvalue weighted by molar-refractivity contribution is 5.90. The maximum Gasteiger partial charge on any atom is 0.364 e. The van der Waals surface area contributed by atoms with Gasteiger partial charge in [-0.1, -0.05) is 32.9 Å². The highest BCUT2D eigenvalue weighted by Crippen LogP contribution is 2.31. The summed E-state index contributed by atoms with van der Waals surface area (Å²) in [5, 5.41) is 109. The Hall–Kier alpha value is -3.42. The molecule has 1 aliphatic rings. The molecule has 22 nitrogen and oxygen atoms in total.